The van der Waals surface area contributed by atoms with Crippen LogP contribution in [-0.4, -0.2) is 40.0 Å². The average molecular weight is 316 g/mol. The van der Waals surface area contributed by atoms with E-state index >= 15 is 0 Å². The van der Waals surface area contributed by atoms with Crippen LogP contribution in [0.5, 0.6) is 0 Å². The number of aliphatic imine (C=N–C) groups is 1. The number of nitrogens with two attached hydrogens (primary N) is 1. The molecule has 1 rings (SSSR count). The van der Waals surface area contributed by atoms with Crippen molar-refractivity contribution in [3.05, 3.63) is 29.8 Å². The van der Waals surface area contributed by atoms with Crippen molar-refractivity contribution in [2.75, 3.05) is 25.6 Å². The number of benzene rings is 1. The van der Waals surface area contributed by atoms with Gasteiger partial charge in [-0.3, -0.25) is 4.99 Å². The van der Waals surface area contributed by atoms with Crippen LogP contribution < -0.4 is 15.8 Å². The van der Waals surface area contributed by atoms with Gasteiger partial charge in [0.2, 0.25) is 10.0 Å². The highest BCUT2D eigenvalue weighted by Gasteiger charge is 2.07. The molecule has 8 heteroatoms. The van der Waals surface area contributed by atoms with Crippen LogP contribution >= 0.6 is 11.8 Å². The van der Waals surface area contributed by atoms with Crippen molar-refractivity contribution in [2.45, 2.75) is 11.4 Å². The van der Waals surface area contributed by atoms with Crippen molar-refractivity contribution in [2.24, 2.45) is 10.1 Å². The fourth-order valence-corrected chi connectivity index (χ4v) is 2.40. The number of nitrogens with zero attached hydrogens (tertiary/aromatic N) is 1. The summed E-state index contributed by atoms with van der Waals surface area (Å²) in [4.78, 5) is 4.20. The number of nitrogens with one attached hydrogen (secondary N) is 2. The van der Waals surface area contributed by atoms with Crippen LogP contribution in [0.15, 0.2) is 34.2 Å². The van der Waals surface area contributed by atoms with E-state index in [1.165, 1.54) is 6.07 Å². The van der Waals surface area contributed by atoms with E-state index in [4.69, 9.17) is 5.14 Å². The maximum absolute atomic E-state index is 11.3. The molecule has 20 heavy (non-hydrogen) atoms. The Bertz CT molecular complexity index is 558. The van der Waals surface area contributed by atoms with Gasteiger partial charge >= 0.3 is 0 Å². The van der Waals surface area contributed by atoms with Crippen LogP contribution in [0.1, 0.15) is 5.56 Å². The minimum Gasteiger partial charge on any atom is -0.356 e. The number of sulfonamides is 1. The van der Waals surface area contributed by atoms with E-state index in [-0.39, 0.29) is 4.90 Å². The molecule has 0 bridgehead atoms. The van der Waals surface area contributed by atoms with Gasteiger partial charge in [0.15, 0.2) is 5.96 Å². The smallest absolute Gasteiger partial charge is 0.238 e. The first kappa shape index (κ1) is 16.8. The van der Waals surface area contributed by atoms with Crippen molar-refractivity contribution < 1.29 is 8.42 Å². The van der Waals surface area contributed by atoms with E-state index in [1.54, 1.807) is 30.9 Å². The summed E-state index contributed by atoms with van der Waals surface area (Å²) < 4.78 is 22.5. The first-order chi connectivity index (χ1) is 9.47. The van der Waals surface area contributed by atoms with Gasteiger partial charge in [0, 0.05) is 25.9 Å². The Morgan fingerprint density at radius 3 is 2.75 bits per heavy atom. The minimum atomic E-state index is -3.66. The summed E-state index contributed by atoms with van der Waals surface area (Å²) in [5.41, 5.74) is 0.823. The predicted octanol–water partition coefficient (Wildman–Crippen LogP) is 0.362. The summed E-state index contributed by atoms with van der Waals surface area (Å²) in [5.74, 6) is 1.67. The first-order valence-electron chi connectivity index (χ1n) is 6.02. The molecule has 0 saturated heterocycles. The van der Waals surface area contributed by atoms with E-state index < -0.39 is 10.0 Å². The van der Waals surface area contributed by atoms with Crippen molar-refractivity contribution in [3.63, 3.8) is 0 Å². The van der Waals surface area contributed by atoms with Crippen LogP contribution in [0, 0.1) is 0 Å². The van der Waals surface area contributed by atoms with Crippen molar-refractivity contribution >= 4 is 27.7 Å². The number of guanidine groups is 1. The molecule has 0 aliphatic carbocycles. The van der Waals surface area contributed by atoms with Crippen molar-refractivity contribution in [3.8, 4) is 0 Å². The molecule has 1 aromatic rings. The Morgan fingerprint density at radius 1 is 1.40 bits per heavy atom. The lowest BCUT2D eigenvalue weighted by molar-refractivity contribution is 0.597. The molecule has 0 saturated carbocycles. The molecule has 0 radical (unpaired) electrons. The van der Waals surface area contributed by atoms with Crippen LogP contribution in [0.2, 0.25) is 0 Å². The SMILES string of the molecule is CN=C(NCCSC)NCc1cccc(S(N)(=O)=O)c1. The van der Waals surface area contributed by atoms with Gasteiger partial charge in [0.25, 0.3) is 0 Å². The van der Waals surface area contributed by atoms with E-state index in [1.807, 2.05) is 12.3 Å². The number of hydrogen-bond donors (Lipinski definition) is 3. The second-order valence-corrected chi connectivity index (χ2v) is 6.58. The maximum Gasteiger partial charge on any atom is 0.238 e. The molecule has 112 valence electrons. The average Bonchev–Trinajstić information content (AvgIpc) is 2.42. The van der Waals surface area contributed by atoms with Crippen molar-refractivity contribution in [1.29, 1.82) is 0 Å². The minimum absolute atomic E-state index is 0.113. The van der Waals surface area contributed by atoms with E-state index in [2.05, 4.69) is 15.6 Å². The normalized spacial score (nSPS) is 12.2. The topological polar surface area (TPSA) is 96.6 Å². The van der Waals surface area contributed by atoms with Gasteiger partial charge in [0.05, 0.1) is 4.90 Å². The molecule has 0 aliphatic heterocycles. The van der Waals surface area contributed by atoms with Gasteiger partial charge in [-0.2, -0.15) is 11.8 Å². The molecule has 0 spiro atoms. The van der Waals surface area contributed by atoms with Crippen LogP contribution in [0.4, 0.5) is 0 Å². The lowest BCUT2D eigenvalue weighted by Gasteiger charge is -2.11. The van der Waals surface area contributed by atoms with Gasteiger partial charge < -0.3 is 10.6 Å². The van der Waals surface area contributed by atoms with Gasteiger partial charge in [0.1, 0.15) is 0 Å². The summed E-state index contributed by atoms with van der Waals surface area (Å²) in [7, 11) is -1.97. The third-order valence-electron chi connectivity index (χ3n) is 2.51. The molecule has 0 aliphatic rings. The van der Waals surface area contributed by atoms with Gasteiger partial charge in [-0.1, -0.05) is 12.1 Å². The zero-order valence-corrected chi connectivity index (χ0v) is 13.2. The van der Waals surface area contributed by atoms with Crippen molar-refractivity contribution in [1.82, 2.24) is 10.6 Å². The highest BCUT2D eigenvalue weighted by Crippen LogP contribution is 2.09. The predicted molar refractivity (Wildman–Crippen MR) is 84.4 cm³/mol. The molecule has 6 nitrogen and oxygen atoms in total. The Morgan fingerprint density at radius 2 is 2.15 bits per heavy atom. The molecular weight excluding hydrogens is 296 g/mol. The quantitative estimate of drug-likeness (QED) is 0.400. The third-order valence-corrected chi connectivity index (χ3v) is 4.03. The lowest BCUT2D eigenvalue weighted by Crippen LogP contribution is -2.37. The fourth-order valence-electron chi connectivity index (χ4n) is 1.51. The highest BCUT2D eigenvalue weighted by molar-refractivity contribution is 7.98. The summed E-state index contributed by atoms with van der Waals surface area (Å²) in [6, 6.07) is 6.53. The maximum atomic E-state index is 11.3. The Kier molecular flexibility index (Phi) is 6.83. The van der Waals surface area contributed by atoms with E-state index in [0.29, 0.717) is 12.5 Å². The molecule has 0 aromatic heterocycles. The van der Waals surface area contributed by atoms with E-state index in [0.717, 1.165) is 17.9 Å². The van der Waals surface area contributed by atoms with Crippen LogP contribution in [-0.2, 0) is 16.6 Å². The van der Waals surface area contributed by atoms with Crippen LogP contribution in [0.3, 0.4) is 0 Å². The molecule has 0 atom stereocenters. The Balaban J connectivity index is 2.61. The summed E-state index contributed by atoms with van der Waals surface area (Å²) in [6.45, 7) is 1.29. The zero-order chi connectivity index (χ0) is 15.0. The Hall–Kier alpha value is -1.25. The summed E-state index contributed by atoms with van der Waals surface area (Å²) in [5, 5.41) is 11.4. The van der Waals surface area contributed by atoms with Crippen LogP contribution in [0.25, 0.3) is 0 Å². The fraction of sp³-hybridized carbons (Fsp3) is 0.417. The van der Waals surface area contributed by atoms with Gasteiger partial charge in [-0.25, -0.2) is 13.6 Å². The van der Waals surface area contributed by atoms with E-state index in [9.17, 15) is 8.42 Å². The zero-order valence-electron chi connectivity index (χ0n) is 11.6. The monoisotopic (exact) mass is 316 g/mol. The first-order valence-corrected chi connectivity index (χ1v) is 8.96. The Labute approximate surface area is 124 Å². The molecular formula is C12H20N4O2S2. The second kappa shape index (κ2) is 8.13. The molecule has 0 amide bonds. The standard InChI is InChI=1S/C12H20N4O2S2/c1-14-12(15-6-7-19-2)16-9-10-4-3-5-11(8-10)20(13,17)18/h3-5,8H,6-7,9H2,1-2H3,(H2,13,17,18)(H2,14,15,16). The number of primary sulfonamides is 1. The molecule has 0 heterocycles. The summed E-state index contributed by atoms with van der Waals surface area (Å²) >= 11 is 1.75. The summed E-state index contributed by atoms with van der Waals surface area (Å²) in [6.07, 6.45) is 2.04. The van der Waals surface area contributed by atoms with Gasteiger partial charge in [-0.05, 0) is 24.0 Å². The lowest BCUT2D eigenvalue weighted by atomic mass is 10.2. The van der Waals surface area contributed by atoms with Gasteiger partial charge in [-0.15, -0.1) is 0 Å². The molecule has 0 fully saturated rings. The second-order valence-electron chi connectivity index (χ2n) is 4.04. The molecule has 1 aromatic carbocycles. The number of rotatable bonds is 6. The number of hydrogen-bond acceptors (Lipinski definition) is 4. The molecule has 4 N–H and O–H groups in total. The highest BCUT2D eigenvalue weighted by atomic mass is 32.2. The number of thioether (sulfide) groups is 1. The largest absolute Gasteiger partial charge is 0.356 e. The third kappa shape index (κ3) is 5.81. The molecule has 0 unspecified atom stereocenters.